The summed E-state index contributed by atoms with van der Waals surface area (Å²) in [4.78, 5) is 16.1. The lowest BCUT2D eigenvalue weighted by molar-refractivity contribution is -0.132. The molecule has 0 radical (unpaired) electrons. The summed E-state index contributed by atoms with van der Waals surface area (Å²) in [5.41, 5.74) is 2.16. The van der Waals surface area contributed by atoms with E-state index in [2.05, 4.69) is 16.1 Å². The lowest BCUT2D eigenvalue weighted by atomic mass is 10.0. The summed E-state index contributed by atoms with van der Waals surface area (Å²) in [6, 6.07) is 15.8. The van der Waals surface area contributed by atoms with Crippen LogP contribution in [0.3, 0.4) is 0 Å². The van der Waals surface area contributed by atoms with Gasteiger partial charge in [0, 0.05) is 39.3 Å². The predicted molar refractivity (Wildman–Crippen MR) is 138 cm³/mol. The Morgan fingerprint density at radius 1 is 1.03 bits per heavy atom. The van der Waals surface area contributed by atoms with Gasteiger partial charge in [-0.15, -0.1) is 0 Å². The van der Waals surface area contributed by atoms with E-state index in [1.165, 1.54) is 0 Å². The highest BCUT2D eigenvalue weighted by molar-refractivity contribution is 5.73. The second kappa shape index (κ2) is 11.6. The first-order chi connectivity index (χ1) is 17.3. The number of nitrogens with zero attached hydrogens (tertiary/aromatic N) is 4. The fourth-order valence-corrected chi connectivity index (χ4v) is 4.43. The van der Waals surface area contributed by atoms with Crippen molar-refractivity contribution >= 4 is 5.91 Å². The number of benzene rings is 2. The maximum Gasteiger partial charge on any atom is 0.219 e. The Hall–Kier alpha value is -3.36. The summed E-state index contributed by atoms with van der Waals surface area (Å²) in [5.74, 6) is 1.46. The molecule has 1 aliphatic rings. The van der Waals surface area contributed by atoms with Gasteiger partial charge < -0.3 is 19.5 Å². The summed E-state index contributed by atoms with van der Waals surface area (Å²) in [5, 5.41) is 15.8. The van der Waals surface area contributed by atoms with Gasteiger partial charge in [0.2, 0.25) is 5.91 Å². The average Bonchev–Trinajstić information content (AvgIpc) is 3.18. The Bertz CT molecular complexity index is 1150. The second-order valence-electron chi connectivity index (χ2n) is 9.75. The first-order valence-electron chi connectivity index (χ1n) is 12.4. The number of β-amino-alcohol motifs (C(OH)–C–C–N with tert-alkyl or cyclic N) is 1. The molecule has 1 aliphatic heterocycles. The molecule has 0 aliphatic carbocycles. The normalized spacial score (nSPS) is 18.6. The fourth-order valence-electron chi connectivity index (χ4n) is 4.43. The van der Waals surface area contributed by atoms with Gasteiger partial charge >= 0.3 is 0 Å². The van der Waals surface area contributed by atoms with Crippen LogP contribution in [0.15, 0.2) is 60.9 Å². The number of carbonyl (C=O) groups excluding carboxylic acids is 1. The SMILES string of the molecule is CC(=O)N1CCN(Cc2cccc(OCCn3cc(C)cn3)c2)CC(O)(COc2ccc(C)cc2)C1. The molecule has 4 rings (SSSR count). The van der Waals surface area contributed by atoms with Crippen molar-refractivity contribution in [3.8, 4) is 11.5 Å². The lowest BCUT2D eigenvalue weighted by Gasteiger charge is -2.32. The van der Waals surface area contributed by atoms with Crippen molar-refractivity contribution in [1.82, 2.24) is 19.6 Å². The summed E-state index contributed by atoms with van der Waals surface area (Å²) < 4.78 is 13.8. The number of aryl methyl sites for hydroxylation is 2. The van der Waals surface area contributed by atoms with Crippen LogP contribution < -0.4 is 9.47 Å². The smallest absolute Gasteiger partial charge is 0.219 e. The number of rotatable bonds is 9. The Morgan fingerprint density at radius 3 is 2.56 bits per heavy atom. The number of aliphatic hydroxyl groups is 1. The minimum Gasteiger partial charge on any atom is -0.492 e. The van der Waals surface area contributed by atoms with Gasteiger partial charge in [0.25, 0.3) is 0 Å². The number of carbonyl (C=O) groups is 1. The molecule has 8 heteroatoms. The highest BCUT2D eigenvalue weighted by Crippen LogP contribution is 2.21. The fraction of sp³-hybridized carbons (Fsp3) is 0.429. The molecule has 0 spiro atoms. The summed E-state index contributed by atoms with van der Waals surface area (Å²) in [6.07, 6.45) is 3.83. The molecule has 1 saturated heterocycles. The van der Waals surface area contributed by atoms with E-state index in [1.54, 1.807) is 11.8 Å². The van der Waals surface area contributed by atoms with Crippen LogP contribution >= 0.6 is 0 Å². The molecule has 1 unspecified atom stereocenters. The topological polar surface area (TPSA) is 80.1 Å². The molecule has 0 bridgehead atoms. The minimum absolute atomic E-state index is 0.0478. The molecular weight excluding hydrogens is 456 g/mol. The molecule has 0 saturated carbocycles. The largest absolute Gasteiger partial charge is 0.492 e. The monoisotopic (exact) mass is 492 g/mol. The van der Waals surface area contributed by atoms with E-state index in [1.807, 2.05) is 73.4 Å². The molecule has 1 amide bonds. The van der Waals surface area contributed by atoms with Crippen LogP contribution in [0.4, 0.5) is 0 Å². The van der Waals surface area contributed by atoms with Crippen LogP contribution in [-0.4, -0.2) is 75.6 Å². The Morgan fingerprint density at radius 2 is 1.83 bits per heavy atom. The zero-order valence-corrected chi connectivity index (χ0v) is 21.4. The molecule has 1 aromatic heterocycles. The third-order valence-electron chi connectivity index (χ3n) is 6.32. The number of ether oxygens (including phenoxy) is 2. The van der Waals surface area contributed by atoms with Gasteiger partial charge in [0.15, 0.2) is 0 Å². The Kier molecular flexibility index (Phi) is 8.28. The highest BCUT2D eigenvalue weighted by atomic mass is 16.5. The van der Waals surface area contributed by atoms with Gasteiger partial charge in [0.1, 0.15) is 30.3 Å². The zero-order valence-electron chi connectivity index (χ0n) is 21.4. The maximum absolute atomic E-state index is 12.2. The van der Waals surface area contributed by atoms with Crippen molar-refractivity contribution in [3.05, 3.63) is 77.6 Å². The van der Waals surface area contributed by atoms with E-state index in [0.717, 1.165) is 22.4 Å². The quantitative estimate of drug-likeness (QED) is 0.495. The van der Waals surface area contributed by atoms with E-state index < -0.39 is 5.60 Å². The molecule has 1 atom stereocenters. The Balaban J connectivity index is 1.38. The van der Waals surface area contributed by atoms with E-state index in [9.17, 15) is 9.90 Å². The lowest BCUT2D eigenvalue weighted by Crippen LogP contribution is -2.51. The molecular formula is C28H36N4O4. The van der Waals surface area contributed by atoms with E-state index in [4.69, 9.17) is 9.47 Å². The summed E-state index contributed by atoms with van der Waals surface area (Å²) >= 11 is 0. The van der Waals surface area contributed by atoms with Crippen LogP contribution in [0.2, 0.25) is 0 Å². The molecule has 36 heavy (non-hydrogen) atoms. The van der Waals surface area contributed by atoms with E-state index >= 15 is 0 Å². The van der Waals surface area contributed by atoms with Crippen molar-refractivity contribution in [2.45, 2.75) is 39.5 Å². The third-order valence-corrected chi connectivity index (χ3v) is 6.32. The second-order valence-corrected chi connectivity index (χ2v) is 9.75. The van der Waals surface area contributed by atoms with Crippen LogP contribution in [-0.2, 0) is 17.9 Å². The number of hydrogen-bond donors (Lipinski definition) is 1. The zero-order chi connectivity index (χ0) is 25.5. The average molecular weight is 493 g/mol. The van der Waals surface area contributed by atoms with E-state index in [-0.39, 0.29) is 19.1 Å². The van der Waals surface area contributed by atoms with Gasteiger partial charge in [-0.1, -0.05) is 29.8 Å². The molecule has 3 aromatic rings. The van der Waals surface area contributed by atoms with E-state index in [0.29, 0.717) is 45.1 Å². The molecule has 8 nitrogen and oxygen atoms in total. The van der Waals surface area contributed by atoms with Crippen LogP contribution in [0.25, 0.3) is 0 Å². The number of amides is 1. The maximum atomic E-state index is 12.2. The van der Waals surface area contributed by atoms with Crippen molar-refractivity contribution in [2.24, 2.45) is 0 Å². The van der Waals surface area contributed by atoms with Crippen LogP contribution in [0, 0.1) is 13.8 Å². The highest BCUT2D eigenvalue weighted by Gasteiger charge is 2.36. The summed E-state index contributed by atoms with van der Waals surface area (Å²) in [6.45, 7) is 9.37. The molecule has 2 aromatic carbocycles. The van der Waals surface area contributed by atoms with Gasteiger partial charge in [-0.25, -0.2) is 0 Å². The molecule has 1 fully saturated rings. The van der Waals surface area contributed by atoms with Gasteiger partial charge in [-0.2, -0.15) is 5.10 Å². The minimum atomic E-state index is -1.19. The van der Waals surface area contributed by atoms with Gasteiger partial charge in [0.05, 0.1) is 19.3 Å². The molecule has 192 valence electrons. The first kappa shape index (κ1) is 25.7. The van der Waals surface area contributed by atoms with Crippen molar-refractivity contribution in [3.63, 3.8) is 0 Å². The molecule has 1 N–H and O–H groups in total. The number of hydrogen-bond acceptors (Lipinski definition) is 6. The van der Waals surface area contributed by atoms with Gasteiger partial charge in [-0.3, -0.25) is 14.4 Å². The van der Waals surface area contributed by atoms with Crippen molar-refractivity contribution in [1.29, 1.82) is 0 Å². The predicted octanol–water partition coefficient (Wildman–Crippen LogP) is 3.05. The third kappa shape index (κ3) is 7.32. The standard InChI is InChI=1S/C28H36N4O4/c1-22-7-9-26(10-8-22)36-21-28(34)19-30(11-12-31(20-28)24(3)33)18-25-5-4-6-27(15-25)35-14-13-32-17-23(2)16-29-32/h4-10,15-17,34H,11-14,18-21H2,1-3H3. The first-order valence-corrected chi connectivity index (χ1v) is 12.4. The molecule has 2 heterocycles. The van der Waals surface area contributed by atoms with Crippen LogP contribution in [0.1, 0.15) is 23.6 Å². The van der Waals surface area contributed by atoms with Crippen molar-refractivity contribution < 1.29 is 19.4 Å². The summed E-state index contributed by atoms with van der Waals surface area (Å²) in [7, 11) is 0. The van der Waals surface area contributed by atoms with Gasteiger partial charge in [-0.05, 0) is 49.2 Å². The van der Waals surface area contributed by atoms with Crippen molar-refractivity contribution in [2.75, 3.05) is 39.4 Å². The Labute approximate surface area is 213 Å². The van der Waals surface area contributed by atoms with Crippen LogP contribution in [0.5, 0.6) is 11.5 Å². The number of aromatic nitrogens is 2.